The summed E-state index contributed by atoms with van der Waals surface area (Å²) in [7, 11) is 0. The molecule has 0 aromatic heterocycles. The smallest absolute Gasteiger partial charge is 0.338 e. The van der Waals surface area contributed by atoms with E-state index >= 15 is 0 Å². The number of rotatable bonds is 4. The third kappa shape index (κ3) is 3.29. The second kappa shape index (κ2) is 5.05. The van der Waals surface area contributed by atoms with Crippen LogP contribution in [-0.4, -0.2) is 24.2 Å². The summed E-state index contributed by atoms with van der Waals surface area (Å²) >= 11 is 0. The van der Waals surface area contributed by atoms with Crippen LogP contribution in [0.3, 0.4) is 0 Å². The maximum Gasteiger partial charge on any atom is 0.338 e. The van der Waals surface area contributed by atoms with Crippen LogP contribution < -0.4 is 5.73 Å². The van der Waals surface area contributed by atoms with Gasteiger partial charge in [0.05, 0.1) is 13.2 Å². The lowest BCUT2D eigenvalue weighted by Gasteiger charge is -2.16. The quantitative estimate of drug-likeness (QED) is 0.594. The van der Waals surface area contributed by atoms with Gasteiger partial charge in [0.2, 0.25) is 0 Å². The van der Waals surface area contributed by atoms with Gasteiger partial charge in [-0.2, -0.15) is 0 Å². The summed E-state index contributed by atoms with van der Waals surface area (Å²) in [5.41, 5.74) is 4.97. The van der Waals surface area contributed by atoms with Gasteiger partial charge in [-0.25, -0.2) is 9.86 Å². The Bertz CT molecular complexity index is 99.9. The van der Waals surface area contributed by atoms with Gasteiger partial charge < -0.3 is 5.73 Å². The summed E-state index contributed by atoms with van der Waals surface area (Å²) in [6.45, 7) is 4.80. The minimum absolute atomic E-state index is 0.475. The minimum Gasteiger partial charge on any atom is -0.350 e. The molecule has 0 atom stereocenters. The van der Waals surface area contributed by atoms with E-state index in [0.717, 1.165) is 6.42 Å². The van der Waals surface area contributed by atoms with Crippen LogP contribution in [0.2, 0.25) is 0 Å². The van der Waals surface area contributed by atoms with Crippen LogP contribution >= 0.6 is 0 Å². The third-order valence-corrected chi connectivity index (χ3v) is 0.957. The molecule has 0 radical (unpaired) electrons. The zero-order valence-corrected chi connectivity index (χ0v) is 6.46. The first-order chi connectivity index (χ1) is 4.72. The number of carbonyl (C=O) groups is 1. The van der Waals surface area contributed by atoms with E-state index in [1.54, 1.807) is 0 Å². The summed E-state index contributed by atoms with van der Waals surface area (Å²) in [5.74, 6) is 0. The van der Waals surface area contributed by atoms with Gasteiger partial charge in [0.1, 0.15) is 0 Å². The highest BCUT2D eigenvalue weighted by Crippen LogP contribution is 1.91. The Labute approximate surface area is 60.9 Å². The van der Waals surface area contributed by atoms with E-state index in [1.165, 1.54) is 5.06 Å². The molecular weight excluding hydrogens is 132 g/mol. The fourth-order valence-corrected chi connectivity index (χ4v) is 0.597. The van der Waals surface area contributed by atoms with Crippen LogP contribution in [0.4, 0.5) is 4.79 Å². The topological polar surface area (TPSA) is 55.6 Å². The minimum atomic E-state index is -0.524. The number of nitrogens with two attached hydrogens (primary N) is 1. The van der Waals surface area contributed by atoms with Crippen molar-refractivity contribution >= 4 is 6.03 Å². The molecule has 0 aliphatic heterocycles. The van der Waals surface area contributed by atoms with Crippen molar-refractivity contribution < 1.29 is 9.63 Å². The van der Waals surface area contributed by atoms with Crippen LogP contribution in [-0.2, 0) is 4.84 Å². The Balaban J connectivity index is 3.61. The van der Waals surface area contributed by atoms with Crippen LogP contribution in [0.5, 0.6) is 0 Å². The van der Waals surface area contributed by atoms with Crippen LogP contribution in [0.15, 0.2) is 0 Å². The number of hydrogen-bond acceptors (Lipinski definition) is 2. The summed E-state index contributed by atoms with van der Waals surface area (Å²) in [6.07, 6.45) is 0.850. The molecule has 0 aliphatic rings. The van der Waals surface area contributed by atoms with Gasteiger partial charge in [0, 0.05) is 0 Å². The van der Waals surface area contributed by atoms with Gasteiger partial charge in [0.25, 0.3) is 0 Å². The van der Waals surface area contributed by atoms with E-state index < -0.39 is 6.03 Å². The SMILES string of the molecule is CCCN(OCC)C(N)=O. The van der Waals surface area contributed by atoms with E-state index in [1.807, 2.05) is 13.8 Å². The molecule has 4 heteroatoms. The van der Waals surface area contributed by atoms with Gasteiger partial charge in [-0.1, -0.05) is 6.92 Å². The van der Waals surface area contributed by atoms with Gasteiger partial charge >= 0.3 is 6.03 Å². The molecule has 0 saturated heterocycles. The number of nitrogens with zero attached hydrogens (tertiary/aromatic N) is 1. The first kappa shape index (κ1) is 9.23. The molecule has 2 N–H and O–H groups in total. The molecule has 0 rings (SSSR count). The van der Waals surface area contributed by atoms with Crippen molar-refractivity contribution in [2.45, 2.75) is 20.3 Å². The van der Waals surface area contributed by atoms with E-state index in [-0.39, 0.29) is 0 Å². The van der Waals surface area contributed by atoms with Crippen molar-refractivity contribution in [2.75, 3.05) is 13.2 Å². The summed E-state index contributed by atoms with van der Waals surface area (Å²) in [4.78, 5) is 15.4. The monoisotopic (exact) mass is 146 g/mol. The predicted molar refractivity (Wildman–Crippen MR) is 38.2 cm³/mol. The Morgan fingerprint density at radius 3 is 2.50 bits per heavy atom. The predicted octanol–water partition coefficient (Wildman–Crippen LogP) is 0.729. The van der Waals surface area contributed by atoms with Crippen molar-refractivity contribution in [3.63, 3.8) is 0 Å². The molecule has 0 heterocycles. The first-order valence-corrected chi connectivity index (χ1v) is 3.42. The van der Waals surface area contributed by atoms with E-state index in [0.29, 0.717) is 13.2 Å². The number of hydrogen-bond donors (Lipinski definition) is 1. The second-order valence-corrected chi connectivity index (χ2v) is 1.86. The summed E-state index contributed by atoms with van der Waals surface area (Å²) in [5, 5.41) is 1.17. The number of carbonyl (C=O) groups excluding carboxylic acids is 1. The number of urea groups is 1. The molecule has 10 heavy (non-hydrogen) atoms. The molecule has 0 spiro atoms. The van der Waals surface area contributed by atoms with Crippen LogP contribution in [0, 0.1) is 0 Å². The fraction of sp³-hybridized carbons (Fsp3) is 0.833. The van der Waals surface area contributed by atoms with Crippen molar-refractivity contribution in [1.29, 1.82) is 0 Å². The van der Waals surface area contributed by atoms with Gasteiger partial charge in [-0.3, -0.25) is 4.84 Å². The average Bonchev–Trinajstić information content (AvgIpc) is 1.87. The number of primary amides is 1. The lowest BCUT2D eigenvalue weighted by molar-refractivity contribution is -0.109. The number of hydroxylamine groups is 2. The average molecular weight is 146 g/mol. The van der Waals surface area contributed by atoms with E-state index in [2.05, 4.69) is 0 Å². The van der Waals surface area contributed by atoms with Crippen LogP contribution in [0.1, 0.15) is 20.3 Å². The zero-order valence-electron chi connectivity index (χ0n) is 6.46. The standard InChI is InChI=1S/C6H14N2O2/c1-3-5-8(6(7)9)10-4-2/h3-5H2,1-2H3,(H2,7,9). The zero-order chi connectivity index (χ0) is 7.98. The highest BCUT2D eigenvalue weighted by molar-refractivity contribution is 5.70. The Morgan fingerprint density at radius 1 is 1.60 bits per heavy atom. The molecule has 60 valence electrons. The Morgan fingerprint density at radius 2 is 2.20 bits per heavy atom. The molecule has 0 aliphatic carbocycles. The summed E-state index contributed by atoms with van der Waals surface area (Å²) in [6, 6.07) is -0.524. The van der Waals surface area contributed by atoms with E-state index in [4.69, 9.17) is 10.6 Å². The van der Waals surface area contributed by atoms with Gasteiger partial charge in [-0.15, -0.1) is 0 Å². The highest BCUT2D eigenvalue weighted by atomic mass is 16.7. The Kier molecular flexibility index (Phi) is 4.66. The fourth-order valence-electron chi connectivity index (χ4n) is 0.597. The lowest BCUT2D eigenvalue weighted by atomic mass is 10.5. The molecule has 2 amide bonds. The lowest BCUT2D eigenvalue weighted by Crippen LogP contribution is -2.36. The third-order valence-electron chi connectivity index (χ3n) is 0.957. The van der Waals surface area contributed by atoms with Gasteiger partial charge in [-0.05, 0) is 13.3 Å². The van der Waals surface area contributed by atoms with Crippen molar-refractivity contribution in [2.24, 2.45) is 5.73 Å². The largest absolute Gasteiger partial charge is 0.350 e. The molecule has 4 nitrogen and oxygen atoms in total. The molecule has 0 saturated carbocycles. The second-order valence-electron chi connectivity index (χ2n) is 1.86. The number of amides is 2. The highest BCUT2D eigenvalue weighted by Gasteiger charge is 2.06. The van der Waals surface area contributed by atoms with Crippen LogP contribution in [0.25, 0.3) is 0 Å². The van der Waals surface area contributed by atoms with Gasteiger partial charge in [0.15, 0.2) is 0 Å². The molecule has 0 bridgehead atoms. The van der Waals surface area contributed by atoms with Crippen molar-refractivity contribution in [1.82, 2.24) is 5.06 Å². The molecule has 0 aromatic carbocycles. The maximum absolute atomic E-state index is 10.5. The maximum atomic E-state index is 10.5. The molecule has 0 fully saturated rings. The molecule has 0 aromatic rings. The normalized spacial score (nSPS) is 9.40. The van der Waals surface area contributed by atoms with Crippen molar-refractivity contribution in [3.05, 3.63) is 0 Å². The molecule has 0 unspecified atom stereocenters. The first-order valence-electron chi connectivity index (χ1n) is 3.42. The molecular formula is C6H14N2O2. The Hall–Kier alpha value is -0.770. The van der Waals surface area contributed by atoms with Crippen molar-refractivity contribution in [3.8, 4) is 0 Å². The summed E-state index contributed by atoms with van der Waals surface area (Å²) < 4.78 is 0. The van der Waals surface area contributed by atoms with E-state index in [9.17, 15) is 4.79 Å².